The highest BCUT2D eigenvalue weighted by Crippen LogP contribution is 2.29. The minimum atomic E-state index is 0.471. The molecule has 0 aliphatic heterocycles. The lowest BCUT2D eigenvalue weighted by Gasteiger charge is -2.15. The van der Waals surface area contributed by atoms with E-state index in [4.69, 9.17) is 16.3 Å². The van der Waals surface area contributed by atoms with Gasteiger partial charge in [-0.25, -0.2) is 0 Å². The van der Waals surface area contributed by atoms with Crippen LogP contribution in [-0.4, -0.2) is 7.05 Å². The zero-order valence-electron chi connectivity index (χ0n) is 11.5. The Labute approximate surface area is 133 Å². The Kier molecular flexibility index (Phi) is 5.46. The minimum absolute atomic E-state index is 0.471. The lowest BCUT2D eigenvalue weighted by molar-refractivity contribution is 0.300. The van der Waals surface area contributed by atoms with Crippen molar-refractivity contribution in [1.29, 1.82) is 0 Å². The number of nitrogens with one attached hydrogen (secondary N) is 1. The Balaban J connectivity index is 2.22. The van der Waals surface area contributed by atoms with E-state index < -0.39 is 0 Å². The molecule has 0 amide bonds. The second-order valence-electron chi connectivity index (χ2n) is 4.62. The van der Waals surface area contributed by atoms with Gasteiger partial charge in [0.05, 0.1) is 0 Å². The Bertz CT molecular complexity index is 601. The van der Waals surface area contributed by atoms with Gasteiger partial charge in [-0.05, 0) is 37.7 Å². The van der Waals surface area contributed by atoms with Gasteiger partial charge in [-0.15, -0.1) is 0 Å². The molecule has 2 rings (SSSR count). The predicted octanol–water partition coefficient (Wildman–Crippen LogP) is 4.71. The minimum Gasteiger partial charge on any atom is -0.488 e. The lowest BCUT2D eigenvalue weighted by Crippen LogP contribution is -2.09. The van der Waals surface area contributed by atoms with Crippen LogP contribution >= 0.6 is 27.5 Å². The van der Waals surface area contributed by atoms with Crippen molar-refractivity contribution in [2.45, 2.75) is 20.1 Å². The number of halogens is 2. The van der Waals surface area contributed by atoms with Crippen molar-refractivity contribution >= 4 is 27.5 Å². The van der Waals surface area contributed by atoms with Crippen LogP contribution in [0.2, 0.25) is 5.02 Å². The summed E-state index contributed by atoms with van der Waals surface area (Å²) in [5.41, 5.74) is 3.23. The van der Waals surface area contributed by atoms with E-state index in [9.17, 15) is 0 Å². The first-order chi connectivity index (χ1) is 9.61. The first-order valence-corrected chi connectivity index (χ1v) is 7.58. The van der Waals surface area contributed by atoms with Gasteiger partial charge in [0, 0.05) is 27.2 Å². The number of rotatable bonds is 5. The molecule has 0 unspecified atom stereocenters. The summed E-state index contributed by atoms with van der Waals surface area (Å²) in [5, 5.41) is 3.90. The molecule has 2 aromatic rings. The molecule has 20 heavy (non-hydrogen) atoms. The molecular weight excluding hydrogens is 338 g/mol. The normalized spacial score (nSPS) is 10.6. The molecule has 2 aromatic carbocycles. The van der Waals surface area contributed by atoms with E-state index in [2.05, 4.69) is 33.4 Å². The maximum atomic E-state index is 6.16. The van der Waals surface area contributed by atoms with Gasteiger partial charge in [0.15, 0.2) is 0 Å². The smallest absolute Gasteiger partial charge is 0.127 e. The molecule has 0 fully saturated rings. The van der Waals surface area contributed by atoms with Crippen molar-refractivity contribution in [3.63, 3.8) is 0 Å². The lowest BCUT2D eigenvalue weighted by atomic mass is 10.1. The van der Waals surface area contributed by atoms with Gasteiger partial charge in [0.25, 0.3) is 0 Å². The number of hydrogen-bond donors (Lipinski definition) is 1. The van der Waals surface area contributed by atoms with Crippen molar-refractivity contribution < 1.29 is 4.74 Å². The molecule has 2 nitrogen and oxygen atoms in total. The molecule has 0 heterocycles. The SMILES string of the molecule is CNCc1cc(Br)cc(C)c1OCc1ccccc1Cl. The van der Waals surface area contributed by atoms with E-state index in [1.165, 1.54) is 0 Å². The van der Waals surface area contributed by atoms with Crippen molar-refractivity contribution in [1.82, 2.24) is 5.32 Å². The van der Waals surface area contributed by atoms with Crippen molar-refractivity contribution in [3.05, 3.63) is 62.6 Å². The number of ether oxygens (including phenoxy) is 1. The molecule has 106 valence electrons. The van der Waals surface area contributed by atoms with Gasteiger partial charge in [-0.2, -0.15) is 0 Å². The van der Waals surface area contributed by atoms with E-state index in [1.807, 2.05) is 38.2 Å². The van der Waals surface area contributed by atoms with Crippen molar-refractivity contribution in [2.75, 3.05) is 7.05 Å². The maximum absolute atomic E-state index is 6.16. The first kappa shape index (κ1) is 15.4. The van der Waals surface area contributed by atoms with Crippen molar-refractivity contribution in [2.24, 2.45) is 0 Å². The van der Waals surface area contributed by atoms with E-state index >= 15 is 0 Å². The average molecular weight is 355 g/mol. The summed E-state index contributed by atoms with van der Waals surface area (Å²) >= 11 is 9.68. The van der Waals surface area contributed by atoms with E-state index in [0.29, 0.717) is 6.61 Å². The fourth-order valence-corrected chi connectivity index (χ4v) is 2.90. The molecule has 0 aromatic heterocycles. The second-order valence-corrected chi connectivity index (χ2v) is 5.94. The van der Waals surface area contributed by atoms with E-state index in [-0.39, 0.29) is 0 Å². The number of aryl methyl sites for hydroxylation is 1. The monoisotopic (exact) mass is 353 g/mol. The molecule has 0 spiro atoms. The fourth-order valence-electron chi connectivity index (χ4n) is 2.09. The van der Waals surface area contributed by atoms with Gasteiger partial charge in [-0.1, -0.05) is 45.7 Å². The summed E-state index contributed by atoms with van der Waals surface area (Å²) in [6.45, 7) is 3.28. The van der Waals surface area contributed by atoms with Crippen LogP contribution in [0.1, 0.15) is 16.7 Å². The molecule has 0 atom stereocenters. The van der Waals surface area contributed by atoms with Gasteiger partial charge >= 0.3 is 0 Å². The largest absolute Gasteiger partial charge is 0.488 e. The summed E-state index contributed by atoms with van der Waals surface area (Å²) in [6.07, 6.45) is 0. The van der Waals surface area contributed by atoms with Crippen LogP contribution in [-0.2, 0) is 13.2 Å². The fraction of sp³-hybridized carbons (Fsp3) is 0.250. The Morgan fingerprint density at radius 3 is 2.65 bits per heavy atom. The highest BCUT2D eigenvalue weighted by atomic mass is 79.9. The van der Waals surface area contributed by atoms with Crippen LogP contribution in [0.5, 0.6) is 5.75 Å². The highest BCUT2D eigenvalue weighted by molar-refractivity contribution is 9.10. The molecule has 1 N–H and O–H groups in total. The predicted molar refractivity (Wildman–Crippen MR) is 87.4 cm³/mol. The highest BCUT2D eigenvalue weighted by Gasteiger charge is 2.09. The molecule has 0 aliphatic carbocycles. The zero-order chi connectivity index (χ0) is 14.5. The Morgan fingerprint density at radius 2 is 1.95 bits per heavy atom. The topological polar surface area (TPSA) is 21.3 Å². The molecule has 0 aliphatic rings. The quantitative estimate of drug-likeness (QED) is 0.839. The molecular formula is C16H17BrClNO. The van der Waals surface area contributed by atoms with E-state index in [0.717, 1.165) is 38.5 Å². The zero-order valence-corrected chi connectivity index (χ0v) is 13.9. The summed E-state index contributed by atoms with van der Waals surface area (Å²) in [6, 6.07) is 11.9. The number of benzene rings is 2. The molecule has 0 saturated heterocycles. The van der Waals surface area contributed by atoms with Gasteiger partial charge in [0.1, 0.15) is 12.4 Å². The average Bonchev–Trinajstić information content (AvgIpc) is 2.40. The summed E-state index contributed by atoms with van der Waals surface area (Å²) < 4.78 is 7.06. The van der Waals surface area contributed by atoms with Crippen LogP contribution in [0.3, 0.4) is 0 Å². The Morgan fingerprint density at radius 1 is 1.20 bits per heavy atom. The molecule has 0 saturated carbocycles. The second kappa shape index (κ2) is 7.11. The van der Waals surface area contributed by atoms with Crippen LogP contribution in [0.4, 0.5) is 0 Å². The third-order valence-electron chi connectivity index (χ3n) is 3.01. The van der Waals surface area contributed by atoms with Crippen LogP contribution in [0, 0.1) is 6.92 Å². The summed E-state index contributed by atoms with van der Waals surface area (Å²) in [4.78, 5) is 0. The molecule has 0 radical (unpaired) electrons. The Hall–Kier alpha value is -1.03. The molecule has 4 heteroatoms. The van der Waals surface area contributed by atoms with Crippen LogP contribution < -0.4 is 10.1 Å². The molecule has 0 bridgehead atoms. The van der Waals surface area contributed by atoms with Gasteiger partial charge < -0.3 is 10.1 Å². The third-order valence-corrected chi connectivity index (χ3v) is 3.84. The van der Waals surface area contributed by atoms with Gasteiger partial charge in [-0.3, -0.25) is 0 Å². The summed E-state index contributed by atoms with van der Waals surface area (Å²) in [7, 11) is 1.92. The first-order valence-electron chi connectivity index (χ1n) is 6.41. The van der Waals surface area contributed by atoms with Crippen LogP contribution in [0.25, 0.3) is 0 Å². The van der Waals surface area contributed by atoms with Crippen LogP contribution in [0.15, 0.2) is 40.9 Å². The standard InChI is InChI=1S/C16H17BrClNO/c1-11-7-14(17)8-13(9-19-2)16(11)20-10-12-5-3-4-6-15(12)18/h3-8,19H,9-10H2,1-2H3. The maximum Gasteiger partial charge on any atom is 0.127 e. The summed E-state index contributed by atoms with van der Waals surface area (Å²) in [5.74, 6) is 0.919. The van der Waals surface area contributed by atoms with Gasteiger partial charge in [0.2, 0.25) is 0 Å². The third kappa shape index (κ3) is 3.75. The van der Waals surface area contributed by atoms with E-state index in [1.54, 1.807) is 0 Å². The van der Waals surface area contributed by atoms with Crippen molar-refractivity contribution in [3.8, 4) is 5.75 Å². The number of hydrogen-bond acceptors (Lipinski definition) is 2.